The van der Waals surface area contributed by atoms with Crippen molar-refractivity contribution in [2.75, 3.05) is 23.1 Å². The molecule has 0 bridgehead atoms. The first-order chi connectivity index (χ1) is 10.2. The molecule has 2 heterocycles. The second-order valence-corrected chi connectivity index (χ2v) is 5.56. The molecule has 0 fully saturated rings. The van der Waals surface area contributed by atoms with Crippen molar-refractivity contribution in [3.05, 3.63) is 33.8 Å². The molecule has 2 aromatic rings. The molecule has 0 aliphatic carbocycles. The Bertz CT molecular complexity index is 678. The topological polar surface area (TPSA) is 111 Å². The van der Waals surface area contributed by atoms with Gasteiger partial charge in [-0.25, -0.2) is 5.84 Å². The SMILES string of the molecule is NNc1cc(NCc2cc(Br)cc3c2OCC3)nc(N)n1. The quantitative estimate of drug-likeness (QED) is 0.490. The number of anilines is 3. The van der Waals surface area contributed by atoms with Gasteiger partial charge < -0.3 is 21.2 Å². The van der Waals surface area contributed by atoms with Crippen molar-refractivity contribution in [2.45, 2.75) is 13.0 Å². The largest absolute Gasteiger partial charge is 0.493 e. The number of aromatic nitrogens is 2. The number of rotatable bonds is 4. The second-order valence-electron chi connectivity index (χ2n) is 4.65. The number of hydrogen-bond donors (Lipinski definition) is 4. The van der Waals surface area contributed by atoms with Crippen LogP contribution in [0.5, 0.6) is 5.75 Å². The highest BCUT2D eigenvalue weighted by Gasteiger charge is 2.17. The molecule has 1 aliphatic rings. The molecule has 0 saturated carbocycles. The predicted octanol–water partition coefficient (Wildman–Crippen LogP) is 1.65. The number of nitrogens with zero attached hydrogens (tertiary/aromatic N) is 2. The lowest BCUT2D eigenvalue weighted by Crippen LogP contribution is -2.12. The molecule has 110 valence electrons. The minimum absolute atomic E-state index is 0.156. The van der Waals surface area contributed by atoms with Gasteiger partial charge in [-0.05, 0) is 17.7 Å². The van der Waals surface area contributed by atoms with Crippen LogP contribution >= 0.6 is 15.9 Å². The van der Waals surface area contributed by atoms with Crippen molar-refractivity contribution in [2.24, 2.45) is 5.84 Å². The van der Waals surface area contributed by atoms with Crippen molar-refractivity contribution in [3.63, 3.8) is 0 Å². The average Bonchev–Trinajstić information content (AvgIpc) is 2.92. The Kier molecular flexibility index (Phi) is 3.80. The summed E-state index contributed by atoms with van der Waals surface area (Å²) in [7, 11) is 0. The Hall–Kier alpha value is -2.06. The number of nitrogen functional groups attached to an aromatic ring is 2. The van der Waals surface area contributed by atoms with Gasteiger partial charge in [0.1, 0.15) is 17.4 Å². The molecule has 1 aromatic carbocycles. The smallest absolute Gasteiger partial charge is 0.223 e. The molecule has 0 spiro atoms. The van der Waals surface area contributed by atoms with Gasteiger partial charge in [0.15, 0.2) is 0 Å². The summed E-state index contributed by atoms with van der Waals surface area (Å²) in [5.41, 5.74) is 10.4. The lowest BCUT2D eigenvalue weighted by molar-refractivity contribution is 0.354. The maximum Gasteiger partial charge on any atom is 0.223 e. The number of halogens is 1. The number of nitrogens with two attached hydrogens (primary N) is 2. The van der Waals surface area contributed by atoms with Crippen molar-refractivity contribution in [3.8, 4) is 5.75 Å². The van der Waals surface area contributed by atoms with E-state index in [1.165, 1.54) is 5.56 Å². The maximum atomic E-state index is 5.69. The highest BCUT2D eigenvalue weighted by atomic mass is 79.9. The molecular formula is C13H15BrN6O. The van der Waals surface area contributed by atoms with Gasteiger partial charge >= 0.3 is 0 Å². The van der Waals surface area contributed by atoms with Gasteiger partial charge in [0.25, 0.3) is 0 Å². The summed E-state index contributed by atoms with van der Waals surface area (Å²) in [6.07, 6.45) is 0.934. The molecule has 0 atom stereocenters. The molecule has 0 saturated heterocycles. The second kappa shape index (κ2) is 5.74. The van der Waals surface area contributed by atoms with Crippen LogP contribution in [0, 0.1) is 0 Å². The van der Waals surface area contributed by atoms with E-state index < -0.39 is 0 Å². The average molecular weight is 351 g/mol. The number of ether oxygens (including phenoxy) is 1. The minimum Gasteiger partial charge on any atom is -0.493 e. The number of fused-ring (bicyclic) bond motifs is 1. The van der Waals surface area contributed by atoms with E-state index in [9.17, 15) is 0 Å². The molecule has 1 aliphatic heterocycles. The van der Waals surface area contributed by atoms with Crippen molar-refractivity contribution >= 4 is 33.5 Å². The Morgan fingerprint density at radius 1 is 1.24 bits per heavy atom. The number of hydrazine groups is 1. The molecule has 6 N–H and O–H groups in total. The van der Waals surface area contributed by atoms with Gasteiger partial charge in [-0.1, -0.05) is 15.9 Å². The zero-order valence-electron chi connectivity index (χ0n) is 11.2. The normalized spacial score (nSPS) is 12.7. The summed E-state index contributed by atoms with van der Waals surface area (Å²) in [6, 6.07) is 5.81. The summed E-state index contributed by atoms with van der Waals surface area (Å²) in [6.45, 7) is 1.29. The monoisotopic (exact) mass is 350 g/mol. The van der Waals surface area contributed by atoms with Crippen molar-refractivity contribution < 1.29 is 4.74 Å². The van der Waals surface area contributed by atoms with Crippen molar-refractivity contribution in [1.82, 2.24) is 9.97 Å². The van der Waals surface area contributed by atoms with Gasteiger partial charge in [-0.2, -0.15) is 9.97 Å². The van der Waals surface area contributed by atoms with Gasteiger partial charge in [-0.3, -0.25) is 0 Å². The van der Waals surface area contributed by atoms with Crippen LogP contribution in [-0.2, 0) is 13.0 Å². The van der Waals surface area contributed by atoms with Gasteiger partial charge in [0.2, 0.25) is 5.95 Å². The lowest BCUT2D eigenvalue weighted by atomic mass is 10.1. The summed E-state index contributed by atoms with van der Waals surface area (Å²) in [5.74, 6) is 7.50. The third-order valence-electron chi connectivity index (χ3n) is 3.18. The number of benzene rings is 1. The van der Waals surface area contributed by atoms with Crippen LogP contribution in [-0.4, -0.2) is 16.6 Å². The van der Waals surface area contributed by atoms with E-state index in [0.29, 0.717) is 18.2 Å². The van der Waals surface area contributed by atoms with Gasteiger partial charge in [0, 0.05) is 29.1 Å². The Labute approximate surface area is 130 Å². The zero-order chi connectivity index (χ0) is 14.8. The fourth-order valence-electron chi connectivity index (χ4n) is 2.29. The van der Waals surface area contributed by atoms with E-state index in [4.69, 9.17) is 16.3 Å². The third-order valence-corrected chi connectivity index (χ3v) is 3.63. The lowest BCUT2D eigenvalue weighted by Gasteiger charge is -2.11. The van der Waals surface area contributed by atoms with E-state index in [2.05, 4.69) is 42.7 Å². The highest BCUT2D eigenvalue weighted by molar-refractivity contribution is 9.10. The molecule has 8 heteroatoms. The van der Waals surface area contributed by atoms with Crippen LogP contribution < -0.4 is 27.1 Å². The molecule has 21 heavy (non-hydrogen) atoms. The van der Waals surface area contributed by atoms with Crippen LogP contribution in [0.25, 0.3) is 0 Å². The summed E-state index contributed by atoms with van der Waals surface area (Å²) < 4.78 is 6.73. The van der Waals surface area contributed by atoms with Crippen LogP contribution in [0.15, 0.2) is 22.7 Å². The molecule has 0 amide bonds. The van der Waals surface area contributed by atoms with Crippen LogP contribution in [0.3, 0.4) is 0 Å². The van der Waals surface area contributed by atoms with E-state index in [1.807, 2.05) is 6.07 Å². The van der Waals surface area contributed by atoms with Crippen molar-refractivity contribution in [1.29, 1.82) is 0 Å². The summed E-state index contributed by atoms with van der Waals surface area (Å²) >= 11 is 3.52. The van der Waals surface area contributed by atoms with E-state index in [0.717, 1.165) is 28.8 Å². The predicted molar refractivity (Wildman–Crippen MR) is 84.9 cm³/mol. The van der Waals surface area contributed by atoms with E-state index >= 15 is 0 Å². The molecule has 7 nitrogen and oxygen atoms in total. The first-order valence-electron chi connectivity index (χ1n) is 6.45. The maximum absolute atomic E-state index is 5.69. The van der Waals surface area contributed by atoms with Crippen LogP contribution in [0.4, 0.5) is 17.6 Å². The Morgan fingerprint density at radius 3 is 2.86 bits per heavy atom. The third kappa shape index (κ3) is 3.01. The van der Waals surface area contributed by atoms with Gasteiger partial charge in [-0.15, -0.1) is 0 Å². The van der Waals surface area contributed by atoms with Gasteiger partial charge in [0.05, 0.1) is 6.61 Å². The zero-order valence-corrected chi connectivity index (χ0v) is 12.8. The van der Waals surface area contributed by atoms with Crippen LogP contribution in [0.1, 0.15) is 11.1 Å². The summed E-state index contributed by atoms with van der Waals surface area (Å²) in [5, 5.41) is 3.21. The fraction of sp³-hybridized carbons (Fsp3) is 0.231. The van der Waals surface area contributed by atoms with E-state index in [1.54, 1.807) is 6.07 Å². The first kappa shape index (κ1) is 13.9. The highest BCUT2D eigenvalue weighted by Crippen LogP contribution is 2.33. The fourth-order valence-corrected chi connectivity index (χ4v) is 2.85. The molecular weight excluding hydrogens is 336 g/mol. The molecule has 0 radical (unpaired) electrons. The molecule has 0 unspecified atom stereocenters. The molecule has 3 rings (SSSR count). The summed E-state index contributed by atoms with van der Waals surface area (Å²) in [4.78, 5) is 8.06. The number of hydrogen-bond acceptors (Lipinski definition) is 7. The molecule has 1 aromatic heterocycles. The van der Waals surface area contributed by atoms with Crippen LogP contribution in [0.2, 0.25) is 0 Å². The Morgan fingerprint density at radius 2 is 2.05 bits per heavy atom. The minimum atomic E-state index is 0.156. The van der Waals surface area contributed by atoms with E-state index in [-0.39, 0.29) is 5.95 Å². The standard InChI is InChI=1S/C13H15BrN6O/c14-9-3-7-1-2-21-12(7)8(4-9)6-17-10-5-11(20-16)19-13(15)18-10/h3-5H,1-2,6,16H2,(H4,15,17,18,19,20). The Balaban J connectivity index is 1.81. The first-order valence-corrected chi connectivity index (χ1v) is 7.24. The number of nitrogens with one attached hydrogen (secondary N) is 2.